The summed E-state index contributed by atoms with van der Waals surface area (Å²) in [4.78, 5) is 37.4. The van der Waals surface area contributed by atoms with E-state index in [0.717, 1.165) is 13.1 Å². The molecule has 7 heteroatoms. The van der Waals surface area contributed by atoms with Gasteiger partial charge in [-0.25, -0.2) is 4.79 Å². The Labute approximate surface area is 121 Å². The van der Waals surface area contributed by atoms with Gasteiger partial charge in [0.25, 0.3) is 11.5 Å². The SMILES string of the molecule is O=C1NC2(CCNCC2)C(=O)N1CCn1ccccc1=O. The maximum Gasteiger partial charge on any atom is 0.325 e. The zero-order valence-electron chi connectivity index (χ0n) is 11.7. The third kappa shape index (κ3) is 2.44. The molecule has 1 aromatic rings. The number of carbonyl (C=O) groups is 2. The van der Waals surface area contributed by atoms with Gasteiger partial charge in [-0.2, -0.15) is 0 Å². The van der Waals surface area contributed by atoms with E-state index in [1.807, 2.05) is 0 Å². The summed E-state index contributed by atoms with van der Waals surface area (Å²) in [5, 5.41) is 6.01. The summed E-state index contributed by atoms with van der Waals surface area (Å²) in [7, 11) is 0. The lowest BCUT2D eigenvalue weighted by molar-refractivity contribution is -0.132. The molecule has 2 aliphatic rings. The molecular weight excluding hydrogens is 272 g/mol. The summed E-state index contributed by atoms with van der Waals surface area (Å²) < 4.78 is 1.49. The fourth-order valence-electron chi connectivity index (χ4n) is 2.92. The van der Waals surface area contributed by atoms with Crippen molar-refractivity contribution in [2.24, 2.45) is 0 Å². The number of hydrogen-bond acceptors (Lipinski definition) is 4. The van der Waals surface area contributed by atoms with Crippen LogP contribution in [-0.2, 0) is 11.3 Å². The molecule has 2 aliphatic heterocycles. The highest BCUT2D eigenvalue weighted by Crippen LogP contribution is 2.26. The van der Waals surface area contributed by atoms with Crippen LogP contribution >= 0.6 is 0 Å². The number of nitrogens with zero attached hydrogens (tertiary/aromatic N) is 2. The molecule has 1 spiro atoms. The molecule has 0 saturated carbocycles. The molecule has 7 nitrogen and oxygen atoms in total. The highest BCUT2D eigenvalue weighted by atomic mass is 16.2. The van der Waals surface area contributed by atoms with E-state index in [2.05, 4.69) is 10.6 Å². The first kappa shape index (κ1) is 13.8. The Balaban J connectivity index is 1.71. The first-order chi connectivity index (χ1) is 10.1. The fraction of sp³-hybridized carbons (Fsp3) is 0.500. The third-order valence-electron chi connectivity index (χ3n) is 4.17. The van der Waals surface area contributed by atoms with Gasteiger partial charge in [0.05, 0.1) is 0 Å². The van der Waals surface area contributed by atoms with Crippen LogP contribution in [0.15, 0.2) is 29.2 Å². The van der Waals surface area contributed by atoms with Crippen molar-refractivity contribution < 1.29 is 9.59 Å². The van der Waals surface area contributed by atoms with Gasteiger partial charge >= 0.3 is 6.03 Å². The second-order valence-electron chi connectivity index (χ2n) is 5.45. The number of nitrogens with one attached hydrogen (secondary N) is 2. The number of urea groups is 1. The minimum atomic E-state index is -0.746. The van der Waals surface area contributed by atoms with Gasteiger partial charge < -0.3 is 15.2 Å². The van der Waals surface area contributed by atoms with E-state index >= 15 is 0 Å². The molecule has 3 rings (SSSR count). The minimum Gasteiger partial charge on any atom is -0.323 e. The summed E-state index contributed by atoms with van der Waals surface area (Å²) in [5.41, 5.74) is -0.884. The number of rotatable bonds is 3. The Bertz CT molecular complexity index is 619. The maximum absolute atomic E-state index is 12.5. The van der Waals surface area contributed by atoms with Gasteiger partial charge in [0.2, 0.25) is 0 Å². The van der Waals surface area contributed by atoms with Crippen molar-refractivity contribution in [1.82, 2.24) is 20.1 Å². The number of carbonyl (C=O) groups excluding carboxylic acids is 2. The second-order valence-corrected chi connectivity index (χ2v) is 5.45. The van der Waals surface area contributed by atoms with Gasteiger partial charge in [-0.1, -0.05) is 6.07 Å². The largest absolute Gasteiger partial charge is 0.325 e. The Morgan fingerprint density at radius 3 is 2.57 bits per heavy atom. The van der Waals surface area contributed by atoms with Gasteiger partial charge in [-0.15, -0.1) is 0 Å². The highest BCUT2D eigenvalue weighted by Gasteiger charge is 2.51. The number of pyridine rings is 1. The van der Waals surface area contributed by atoms with E-state index in [1.165, 1.54) is 15.5 Å². The Morgan fingerprint density at radius 1 is 1.10 bits per heavy atom. The van der Waals surface area contributed by atoms with Gasteiger partial charge in [0.1, 0.15) is 5.54 Å². The second kappa shape index (κ2) is 5.33. The standard InChI is InChI=1S/C14H18N4O3/c19-11-3-1-2-8-17(11)9-10-18-12(20)14(16-13(18)21)4-6-15-7-5-14/h1-3,8,15H,4-7,9-10H2,(H,16,21). The van der Waals surface area contributed by atoms with Crippen molar-refractivity contribution in [2.75, 3.05) is 19.6 Å². The van der Waals surface area contributed by atoms with Crippen LogP contribution in [-0.4, -0.2) is 46.6 Å². The molecule has 21 heavy (non-hydrogen) atoms. The van der Waals surface area contributed by atoms with Gasteiger partial charge in [0, 0.05) is 25.4 Å². The van der Waals surface area contributed by atoms with Gasteiger partial charge in [-0.3, -0.25) is 14.5 Å². The molecule has 0 aliphatic carbocycles. The summed E-state index contributed by atoms with van der Waals surface area (Å²) in [6, 6.07) is 4.52. The zero-order chi connectivity index (χ0) is 14.9. The molecule has 0 radical (unpaired) electrons. The van der Waals surface area contributed by atoms with Crippen molar-refractivity contribution in [3.63, 3.8) is 0 Å². The van der Waals surface area contributed by atoms with Crippen molar-refractivity contribution in [3.05, 3.63) is 34.7 Å². The number of amides is 3. The molecule has 2 saturated heterocycles. The van der Waals surface area contributed by atoms with E-state index in [0.29, 0.717) is 19.4 Å². The summed E-state index contributed by atoms with van der Waals surface area (Å²) >= 11 is 0. The third-order valence-corrected chi connectivity index (χ3v) is 4.17. The van der Waals surface area contributed by atoms with E-state index in [1.54, 1.807) is 18.3 Å². The average molecular weight is 290 g/mol. The van der Waals surface area contributed by atoms with Crippen LogP contribution in [0.2, 0.25) is 0 Å². The minimum absolute atomic E-state index is 0.138. The van der Waals surface area contributed by atoms with Crippen molar-refractivity contribution >= 4 is 11.9 Å². The average Bonchev–Trinajstić information content (AvgIpc) is 2.70. The number of aromatic nitrogens is 1. The molecule has 0 atom stereocenters. The first-order valence-electron chi connectivity index (χ1n) is 7.13. The first-order valence-corrected chi connectivity index (χ1v) is 7.13. The molecule has 0 unspecified atom stereocenters. The lowest BCUT2D eigenvalue weighted by Crippen LogP contribution is -2.54. The maximum atomic E-state index is 12.5. The zero-order valence-corrected chi connectivity index (χ0v) is 11.7. The molecular formula is C14H18N4O3. The molecule has 3 amide bonds. The highest BCUT2D eigenvalue weighted by molar-refractivity contribution is 6.07. The summed E-state index contributed by atoms with van der Waals surface area (Å²) in [6.07, 6.45) is 2.87. The monoisotopic (exact) mass is 290 g/mol. The molecule has 112 valence electrons. The number of imide groups is 1. The molecule has 0 aromatic carbocycles. The van der Waals surface area contributed by atoms with Crippen LogP contribution in [0.4, 0.5) is 4.79 Å². The molecule has 2 N–H and O–H groups in total. The van der Waals surface area contributed by atoms with Crippen LogP contribution in [0, 0.1) is 0 Å². The predicted octanol–water partition coefficient (Wildman–Crippen LogP) is -0.478. The quantitative estimate of drug-likeness (QED) is 0.737. The fourth-order valence-corrected chi connectivity index (χ4v) is 2.92. The van der Waals surface area contributed by atoms with Crippen LogP contribution in [0.1, 0.15) is 12.8 Å². The van der Waals surface area contributed by atoms with Crippen molar-refractivity contribution in [2.45, 2.75) is 24.9 Å². The Morgan fingerprint density at radius 2 is 1.86 bits per heavy atom. The van der Waals surface area contributed by atoms with Gasteiger partial charge in [0.15, 0.2) is 0 Å². The van der Waals surface area contributed by atoms with E-state index in [9.17, 15) is 14.4 Å². The summed E-state index contributed by atoms with van der Waals surface area (Å²) in [5.74, 6) is -0.169. The normalized spacial score (nSPS) is 20.9. The number of piperidine rings is 1. The van der Waals surface area contributed by atoms with Crippen LogP contribution in [0.3, 0.4) is 0 Å². The number of hydrogen-bond donors (Lipinski definition) is 2. The van der Waals surface area contributed by atoms with Crippen LogP contribution in [0.25, 0.3) is 0 Å². The summed E-state index contributed by atoms with van der Waals surface area (Å²) in [6.45, 7) is 1.97. The molecule has 1 aromatic heterocycles. The van der Waals surface area contributed by atoms with Crippen molar-refractivity contribution in [1.29, 1.82) is 0 Å². The predicted molar refractivity (Wildman–Crippen MR) is 75.8 cm³/mol. The smallest absolute Gasteiger partial charge is 0.323 e. The Kier molecular flexibility index (Phi) is 3.50. The van der Waals surface area contributed by atoms with Crippen molar-refractivity contribution in [3.8, 4) is 0 Å². The molecule has 3 heterocycles. The molecule has 0 bridgehead atoms. The van der Waals surface area contributed by atoms with E-state index in [4.69, 9.17) is 0 Å². The molecule has 2 fully saturated rings. The van der Waals surface area contributed by atoms with Crippen LogP contribution < -0.4 is 16.2 Å². The van der Waals surface area contributed by atoms with Gasteiger partial charge in [-0.05, 0) is 32.0 Å². The van der Waals surface area contributed by atoms with E-state index < -0.39 is 5.54 Å². The van der Waals surface area contributed by atoms with Crippen LogP contribution in [0.5, 0.6) is 0 Å². The van der Waals surface area contributed by atoms with E-state index in [-0.39, 0.29) is 24.0 Å². The Hall–Kier alpha value is -2.15. The lowest BCUT2D eigenvalue weighted by Gasteiger charge is -2.31. The lowest BCUT2D eigenvalue weighted by atomic mass is 9.88. The topological polar surface area (TPSA) is 83.4 Å².